The number of Topliss-reactive ketones (excluding diaryl/α,β-unsaturated/α-hetero) is 1. The van der Waals surface area contributed by atoms with Gasteiger partial charge in [-0.05, 0) is 33.2 Å². The summed E-state index contributed by atoms with van der Waals surface area (Å²) >= 11 is 0.0234. The van der Waals surface area contributed by atoms with Gasteiger partial charge in [-0.15, -0.1) is 0 Å². The molecule has 0 aliphatic carbocycles. The molecule has 0 aromatic rings. The Morgan fingerprint density at radius 2 is 2.27 bits per heavy atom. The van der Waals surface area contributed by atoms with E-state index in [-0.39, 0.29) is 26.5 Å². The SMILES string of the molecule is C=C/C(=C\C(=C)C)C(=O)C1=CC=IC=C1. The second kappa shape index (κ2) is 5.75. The van der Waals surface area contributed by atoms with Crippen LogP contribution >= 0.6 is 20.7 Å². The van der Waals surface area contributed by atoms with Crippen LogP contribution in [0.2, 0.25) is 0 Å². The molecule has 0 radical (unpaired) electrons. The summed E-state index contributed by atoms with van der Waals surface area (Å²) in [6, 6.07) is 0. The number of hydrogen-bond donors (Lipinski definition) is 0. The largest absolute Gasteiger partial charge is 0.289 e. The molecule has 78 valence electrons. The summed E-state index contributed by atoms with van der Waals surface area (Å²) < 4.78 is 4.15. The quantitative estimate of drug-likeness (QED) is 0.441. The van der Waals surface area contributed by atoms with Gasteiger partial charge in [-0.2, -0.15) is 0 Å². The molecular weight excluding hydrogens is 299 g/mol. The molecule has 1 heterocycles. The summed E-state index contributed by atoms with van der Waals surface area (Å²) in [6.45, 7) is 9.26. The molecule has 0 aromatic heterocycles. The van der Waals surface area contributed by atoms with Gasteiger partial charge in [0.25, 0.3) is 0 Å². The maximum Gasteiger partial charge on any atom is 0.193 e. The van der Waals surface area contributed by atoms with Gasteiger partial charge in [-0.1, -0.05) is 45.5 Å². The highest BCUT2D eigenvalue weighted by atomic mass is 127. The number of ketones is 1. The van der Waals surface area contributed by atoms with Gasteiger partial charge < -0.3 is 0 Å². The van der Waals surface area contributed by atoms with Gasteiger partial charge in [0.05, 0.1) is 0 Å². The van der Waals surface area contributed by atoms with Crippen molar-refractivity contribution in [3.63, 3.8) is 0 Å². The average molecular weight is 312 g/mol. The number of carbonyl (C=O) groups is 1. The van der Waals surface area contributed by atoms with E-state index in [4.69, 9.17) is 0 Å². The Hall–Kier alpha value is -1.03. The fourth-order valence-corrected chi connectivity index (χ4v) is 2.54. The third kappa shape index (κ3) is 3.55. The summed E-state index contributed by atoms with van der Waals surface area (Å²) in [5.41, 5.74) is 2.19. The van der Waals surface area contributed by atoms with Crippen LogP contribution in [-0.4, -0.2) is 9.79 Å². The van der Waals surface area contributed by atoms with Crippen molar-refractivity contribution in [1.82, 2.24) is 0 Å². The number of rotatable bonds is 4. The van der Waals surface area contributed by atoms with E-state index in [1.165, 1.54) is 0 Å². The molecule has 0 saturated heterocycles. The Labute approximate surface area is 100 Å². The molecule has 1 rings (SSSR count). The highest BCUT2D eigenvalue weighted by Gasteiger charge is 2.10. The molecule has 1 aliphatic rings. The standard InChI is InChI=1S/C13H13IO/c1-4-11(9-10(2)3)13(15)12-5-7-14-8-6-12/h4-9H,1-2H2,3H3/b11-9+. The van der Waals surface area contributed by atoms with Gasteiger partial charge in [0.2, 0.25) is 0 Å². The van der Waals surface area contributed by atoms with Gasteiger partial charge in [0.1, 0.15) is 0 Å². The van der Waals surface area contributed by atoms with Crippen molar-refractivity contribution in [2.24, 2.45) is 0 Å². The zero-order valence-electron chi connectivity index (χ0n) is 8.66. The first-order chi connectivity index (χ1) is 7.15. The lowest BCUT2D eigenvalue weighted by Crippen LogP contribution is -2.04. The van der Waals surface area contributed by atoms with Crippen LogP contribution < -0.4 is 0 Å². The molecule has 1 aliphatic heterocycles. The van der Waals surface area contributed by atoms with E-state index in [9.17, 15) is 4.79 Å². The molecule has 0 spiro atoms. The Kier molecular flexibility index (Phi) is 4.62. The van der Waals surface area contributed by atoms with Crippen molar-refractivity contribution in [1.29, 1.82) is 0 Å². The molecule has 0 amide bonds. The average Bonchev–Trinajstić information content (AvgIpc) is 2.26. The molecule has 0 unspecified atom stereocenters. The van der Waals surface area contributed by atoms with E-state index in [1.54, 1.807) is 12.2 Å². The van der Waals surface area contributed by atoms with Crippen molar-refractivity contribution >= 4 is 30.5 Å². The van der Waals surface area contributed by atoms with E-state index < -0.39 is 0 Å². The van der Waals surface area contributed by atoms with Gasteiger partial charge >= 0.3 is 0 Å². The van der Waals surface area contributed by atoms with E-state index in [1.807, 2.05) is 19.1 Å². The molecular formula is C13H13IO. The molecule has 0 fully saturated rings. The van der Waals surface area contributed by atoms with Crippen LogP contribution in [0.5, 0.6) is 0 Å². The Balaban J connectivity index is 2.97. The molecule has 0 atom stereocenters. The third-order valence-electron chi connectivity index (χ3n) is 1.78. The summed E-state index contributed by atoms with van der Waals surface area (Å²) in [5.74, 6) is 0.0178. The lowest BCUT2D eigenvalue weighted by molar-refractivity contribution is -0.111. The maximum atomic E-state index is 12.0. The topological polar surface area (TPSA) is 17.1 Å². The Morgan fingerprint density at radius 3 is 2.73 bits per heavy atom. The van der Waals surface area contributed by atoms with Crippen molar-refractivity contribution < 1.29 is 4.79 Å². The molecule has 0 saturated carbocycles. The van der Waals surface area contributed by atoms with E-state index in [0.717, 1.165) is 11.1 Å². The highest BCUT2D eigenvalue weighted by Crippen LogP contribution is 2.15. The van der Waals surface area contributed by atoms with Gasteiger partial charge in [0, 0.05) is 11.1 Å². The van der Waals surface area contributed by atoms with Crippen LogP contribution in [0.3, 0.4) is 0 Å². The first-order valence-corrected chi connectivity index (χ1v) is 7.00. The number of hydrogen-bond acceptors (Lipinski definition) is 1. The minimum atomic E-state index is 0.0178. The van der Waals surface area contributed by atoms with Crippen LogP contribution in [0.1, 0.15) is 6.92 Å². The predicted molar refractivity (Wildman–Crippen MR) is 75.4 cm³/mol. The Morgan fingerprint density at radius 1 is 1.53 bits per heavy atom. The fourth-order valence-electron chi connectivity index (χ4n) is 1.11. The van der Waals surface area contributed by atoms with Crippen molar-refractivity contribution in [3.8, 4) is 0 Å². The zero-order valence-corrected chi connectivity index (χ0v) is 10.8. The lowest BCUT2D eigenvalue weighted by atomic mass is 10.0. The smallest absolute Gasteiger partial charge is 0.193 e. The van der Waals surface area contributed by atoms with Crippen molar-refractivity contribution in [2.45, 2.75) is 6.92 Å². The van der Waals surface area contributed by atoms with Gasteiger partial charge in [0.15, 0.2) is 5.78 Å². The van der Waals surface area contributed by atoms with Crippen LogP contribution in [0.4, 0.5) is 0 Å². The van der Waals surface area contributed by atoms with E-state index in [0.29, 0.717) is 5.57 Å². The number of halogens is 1. The molecule has 0 N–H and O–H groups in total. The summed E-state index contributed by atoms with van der Waals surface area (Å²) in [4.78, 5) is 12.0. The molecule has 0 bridgehead atoms. The minimum absolute atomic E-state index is 0.0178. The van der Waals surface area contributed by atoms with Gasteiger partial charge in [-0.25, -0.2) is 0 Å². The van der Waals surface area contributed by atoms with E-state index >= 15 is 0 Å². The lowest BCUT2D eigenvalue weighted by Gasteiger charge is -2.03. The monoisotopic (exact) mass is 312 g/mol. The molecule has 15 heavy (non-hydrogen) atoms. The maximum absolute atomic E-state index is 12.0. The highest BCUT2D eigenvalue weighted by molar-refractivity contribution is 14.2. The normalized spacial score (nSPS) is 15.3. The summed E-state index contributed by atoms with van der Waals surface area (Å²) in [7, 11) is 0. The Bertz CT molecular complexity index is 420. The first kappa shape index (κ1) is 12.0. The second-order valence-corrected chi connectivity index (χ2v) is 5.30. The van der Waals surface area contributed by atoms with Crippen LogP contribution in [0.15, 0.2) is 58.3 Å². The van der Waals surface area contributed by atoms with Crippen LogP contribution in [-0.2, 0) is 4.79 Å². The van der Waals surface area contributed by atoms with Crippen LogP contribution in [0.25, 0.3) is 0 Å². The number of allylic oxidation sites excluding steroid dienone is 7. The third-order valence-corrected chi connectivity index (χ3v) is 3.33. The molecule has 0 aromatic carbocycles. The van der Waals surface area contributed by atoms with Crippen molar-refractivity contribution in [3.05, 3.63) is 58.3 Å². The summed E-state index contributed by atoms with van der Waals surface area (Å²) in [5, 5.41) is 0. The second-order valence-electron chi connectivity index (χ2n) is 3.15. The fraction of sp³-hybridized carbons (Fsp3) is 0.0769. The number of carbonyl (C=O) groups excluding carboxylic acids is 1. The van der Waals surface area contributed by atoms with E-state index in [2.05, 4.69) is 21.3 Å². The van der Waals surface area contributed by atoms with Crippen molar-refractivity contribution in [2.75, 3.05) is 0 Å². The van der Waals surface area contributed by atoms with Crippen LogP contribution in [0, 0.1) is 0 Å². The summed E-state index contributed by atoms with van der Waals surface area (Å²) in [6.07, 6.45) is 7.12. The first-order valence-electron chi connectivity index (χ1n) is 4.51. The van der Waals surface area contributed by atoms with Gasteiger partial charge in [-0.3, -0.25) is 4.79 Å². The predicted octanol–water partition coefficient (Wildman–Crippen LogP) is 3.47. The minimum Gasteiger partial charge on any atom is -0.289 e. The zero-order chi connectivity index (χ0) is 11.3. The molecule has 2 heteroatoms. The molecule has 1 nitrogen and oxygen atoms in total.